The van der Waals surface area contributed by atoms with Gasteiger partial charge in [-0.15, -0.1) is 0 Å². The minimum absolute atomic E-state index is 0.475. The number of methoxy groups -OCH3 is 1. The number of ether oxygens (including phenoxy) is 1. The zero-order valence-corrected chi connectivity index (χ0v) is 8.52. The third-order valence-corrected chi connectivity index (χ3v) is 2.18. The van der Waals surface area contributed by atoms with Crippen molar-refractivity contribution in [3.63, 3.8) is 0 Å². The molecule has 5 heteroatoms. The van der Waals surface area contributed by atoms with Crippen LogP contribution in [0.1, 0.15) is 0 Å². The molecule has 5 nitrogen and oxygen atoms in total. The van der Waals surface area contributed by atoms with E-state index in [1.54, 1.807) is 16.9 Å². The van der Waals surface area contributed by atoms with Crippen molar-refractivity contribution in [2.24, 2.45) is 7.05 Å². The lowest BCUT2D eigenvalue weighted by Crippen LogP contribution is -2.10. The molecule has 0 saturated carbocycles. The molecule has 2 aromatic rings. The summed E-state index contributed by atoms with van der Waals surface area (Å²) in [5, 5.41) is 7.74. The topological polar surface area (TPSA) is 56.1 Å². The Morgan fingerprint density at radius 1 is 1.53 bits per heavy atom. The van der Waals surface area contributed by atoms with Crippen molar-refractivity contribution in [1.29, 1.82) is 0 Å². The zero-order chi connectivity index (χ0) is 10.8. The Balaban J connectivity index is 2.37. The van der Waals surface area contributed by atoms with Gasteiger partial charge in [-0.1, -0.05) is 0 Å². The highest BCUT2D eigenvalue weighted by molar-refractivity contribution is 5.89. The van der Waals surface area contributed by atoms with Gasteiger partial charge in [-0.3, -0.25) is 10.00 Å². The molecule has 1 aromatic carbocycles. The maximum Gasteiger partial charge on any atom is 0.411 e. The first-order valence-corrected chi connectivity index (χ1v) is 4.47. The Morgan fingerprint density at radius 2 is 2.33 bits per heavy atom. The highest BCUT2D eigenvalue weighted by atomic mass is 16.5. The molecular formula is C10H11N3O2. The Hall–Kier alpha value is -2.04. The van der Waals surface area contributed by atoms with E-state index in [4.69, 9.17) is 0 Å². The van der Waals surface area contributed by atoms with Crippen molar-refractivity contribution >= 4 is 22.7 Å². The summed E-state index contributed by atoms with van der Waals surface area (Å²) in [6.07, 6.45) is 1.30. The van der Waals surface area contributed by atoms with Crippen molar-refractivity contribution in [2.45, 2.75) is 0 Å². The molecule has 1 N–H and O–H groups in total. The summed E-state index contributed by atoms with van der Waals surface area (Å²) >= 11 is 0. The second-order valence-electron chi connectivity index (χ2n) is 3.16. The summed E-state index contributed by atoms with van der Waals surface area (Å²) in [5.41, 5.74) is 1.65. The lowest BCUT2D eigenvalue weighted by atomic mass is 10.2. The largest absolute Gasteiger partial charge is 0.453 e. The smallest absolute Gasteiger partial charge is 0.411 e. The summed E-state index contributed by atoms with van der Waals surface area (Å²) in [4.78, 5) is 11.0. The van der Waals surface area contributed by atoms with Crippen LogP contribution in [0.4, 0.5) is 10.5 Å². The van der Waals surface area contributed by atoms with Gasteiger partial charge in [0.2, 0.25) is 0 Å². The van der Waals surface area contributed by atoms with Gasteiger partial charge in [-0.2, -0.15) is 5.10 Å². The summed E-state index contributed by atoms with van der Waals surface area (Å²) in [6, 6.07) is 5.55. The molecule has 0 bridgehead atoms. The van der Waals surface area contributed by atoms with E-state index in [-0.39, 0.29) is 0 Å². The first kappa shape index (κ1) is 9.51. The molecule has 78 valence electrons. The number of hydrogen-bond acceptors (Lipinski definition) is 3. The van der Waals surface area contributed by atoms with Gasteiger partial charge in [0.1, 0.15) is 0 Å². The van der Waals surface area contributed by atoms with Gasteiger partial charge in [-0.05, 0) is 18.2 Å². The number of hydrogen-bond donors (Lipinski definition) is 1. The lowest BCUT2D eigenvalue weighted by molar-refractivity contribution is 0.187. The Bertz CT molecular complexity index is 504. The average Bonchev–Trinajstić information content (AvgIpc) is 2.60. The van der Waals surface area contributed by atoms with E-state index in [0.29, 0.717) is 5.69 Å². The standard InChI is InChI=1S/C10H11N3O2/c1-13-9-5-8(12-10(14)15-2)4-3-7(9)6-11-13/h3-6H,1-2H3,(H,12,14). The lowest BCUT2D eigenvalue weighted by Gasteiger charge is -2.03. The van der Waals surface area contributed by atoms with E-state index in [9.17, 15) is 4.79 Å². The summed E-state index contributed by atoms with van der Waals surface area (Å²) < 4.78 is 6.25. The molecular weight excluding hydrogens is 194 g/mol. The molecule has 1 heterocycles. The second kappa shape index (κ2) is 3.61. The minimum Gasteiger partial charge on any atom is -0.453 e. The number of aryl methyl sites for hydroxylation is 1. The molecule has 0 fully saturated rings. The van der Waals surface area contributed by atoms with Crippen LogP contribution < -0.4 is 5.32 Å². The van der Waals surface area contributed by atoms with Crippen LogP contribution in [0.3, 0.4) is 0 Å². The molecule has 0 saturated heterocycles. The van der Waals surface area contributed by atoms with Gasteiger partial charge in [-0.25, -0.2) is 4.79 Å². The molecule has 0 aliphatic heterocycles. The molecule has 0 radical (unpaired) electrons. The van der Waals surface area contributed by atoms with Crippen molar-refractivity contribution in [1.82, 2.24) is 9.78 Å². The monoisotopic (exact) mass is 205 g/mol. The first-order chi connectivity index (χ1) is 7.20. The third kappa shape index (κ3) is 1.76. The normalized spacial score (nSPS) is 10.3. The zero-order valence-electron chi connectivity index (χ0n) is 8.52. The van der Waals surface area contributed by atoms with Crippen LogP contribution in [-0.2, 0) is 11.8 Å². The highest BCUT2D eigenvalue weighted by Crippen LogP contribution is 2.18. The van der Waals surface area contributed by atoms with E-state index in [1.807, 2.05) is 19.2 Å². The second-order valence-corrected chi connectivity index (χ2v) is 3.16. The van der Waals surface area contributed by atoms with E-state index in [0.717, 1.165) is 10.9 Å². The highest BCUT2D eigenvalue weighted by Gasteiger charge is 2.03. The fraction of sp³-hybridized carbons (Fsp3) is 0.200. The van der Waals surface area contributed by atoms with Crippen LogP contribution in [-0.4, -0.2) is 23.0 Å². The fourth-order valence-electron chi connectivity index (χ4n) is 1.39. The van der Waals surface area contributed by atoms with Gasteiger partial charge < -0.3 is 4.74 Å². The molecule has 1 aromatic heterocycles. The van der Waals surface area contributed by atoms with Crippen molar-refractivity contribution in [2.75, 3.05) is 12.4 Å². The maximum atomic E-state index is 11.0. The van der Waals surface area contributed by atoms with Gasteiger partial charge in [0.15, 0.2) is 0 Å². The minimum atomic E-state index is -0.475. The number of amides is 1. The van der Waals surface area contributed by atoms with Crippen LogP contribution in [0.15, 0.2) is 24.4 Å². The van der Waals surface area contributed by atoms with Crippen molar-refractivity contribution < 1.29 is 9.53 Å². The van der Waals surface area contributed by atoms with Crippen LogP contribution in [0, 0.1) is 0 Å². The molecule has 1 amide bonds. The predicted octanol–water partition coefficient (Wildman–Crippen LogP) is 1.75. The average molecular weight is 205 g/mol. The Morgan fingerprint density at radius 3 is 3.07 bits per heavy atom. The SMILES string of the molecule is COC(=O)Nc1ccc2cnn(C)c2c1. The Kier molecular flexibility index (Phi) is 2.29. The van der Waals surface area contributed by atoms with E-state index in [2.05, 4.69) is 15.2 Å². The number of anilines is 1. The molecule has 0 atom stereocenters. The quantitative estimate of drug-likeness (QED) is 0.771. The third-order valence-electron chi connectivity index (χ3n) is 2.18. The summed E-state index contributed by atoms with van der Waals surface area (Å²) in [5.74, 6) is 0. The summed E-state index contributed by atoms with van der Waals surface area (Å²) in [6.45, 7) is 0. The number of nitrogens with one attached hydrogen (secondary N) is 1. The number of benzene rings is 1. The van der Waals surface area contributed by atoms with Gasteiger partial charge in [0.05, 0.1) is 18.8 Å². The Labute approximate surface area is 86.6 Å². The molecule has 0 spiro atoms. The fourth-order valence-corrected chi connectivity index (χ4v) is 1.39. The molecule has 0 aliphatic carbocycles. The summed E-state index contributed by atoms with van der Waals surface area (Å²) in [7, 11) is 3.18. The van der Waals surface area contributed by atoms with E-state index >= 15 is 0 Å². The molecule has 2 rings (SSSR count). The number of carbonyl (C=O) groups excluding carboxylic acids is 1. The van der Waals surface area contributed by atoms with Gasteiger partial charge in [0.25, 0.3) is 0 Å². The number of rotatable bonds is 1. The number of aromatic nitrogens is 2. The van der Waals surface area contributed by atoms with Crippen LogP contribution in [0.25, 0.3) is 10.9 Å². The van der Waals surface area contributed by atoms with Gasteiger partial charge in [0, 0.05) is 18.1 Å². The number of fused-ring (bicyclic) bond motifs is 1. The molecule has 0 unspecified atom stereocenters. The van der Waals surface area contributed by atoms with Crippen LogP contribution in [0.5, 0.6) is 0 Å². The number of nitrogens with zero attached hydrogens (tertiary/aromatic N) is 2. The maximum absolute atomic E-state index is 11.0. The van der Waals surface area contributed by atoms with E-state index < -0.39 is 6.09 Å². The molecule has 0 aliphatic rings. The predicted molar refractivity (Wildman–Crippen MR) is 56.7 cm³/mol. The van der Waals surface area contributed by atoms with Crippen LogP contribution >= 0.6 is 0 Å². The van der Waals surface area contributed by atoms with Crippen molar-refractivity contribution in [3.8, 4) is 0 Å². The first-order valence-electron chi connectivity index (χ1n) is 4.47. The molecule has 15 heavy (non-hydrogen) atoms. The van der Waals surface area contributed by atoms with Crippen molar-refractivity contribution in [3.05, 3.63) is 24.4 Å². The number of carbonyl (C=O) groups is 1. The van der Waals surface area contributed by atoms with E-state index in [1.165, 1.54) is 7.11 Å². The van der Waals surface area contributed by atoms with Crippen LogP contribution in [0.2, 0.25) is 0 Å². The van der Waals surface area contributed by atoms with Gasteiger partial charge >= 0.3 is 6.09 Å².